The Kier molecular flexibility index (Phi) is 9.29. The Labute approximate surface area is 201 Å². The number of hydrogen-bond donors (Lipinski definition) is 2. The third-order valence-electron chi connectivity index (χ3n) is 5.51. The number of nitrogens with one attached hydrogen (secondary N) is 2. The molecule has 1 saturated heterocycles. The highest BCUT2D eigenvalue weighted by atomic mass is 127. The molecule has 1 aromatic heterocycles. The Bertz CT molecular complexity index is 840. The Balaban J connectivity index is 0.00000341. The fraction of sp³-hybridized carbons (Fsp3) is 0.565. The number of halogens is 2. The molecule has 0 saturated carbocycles. The second kappa shape index (κ2) is 11.3. The van der Waals surface area contributed by atoms with E-state index in [1.807, 2.05) is 19.1 Å². The van der Waals surface area contributed by atoms with Crippen LogP contribution in [0.3, 0.4) is 0 Å². The van der Waals surface area contributed by atoms with Crippen molar-refractivity contribution < 1.29 is 13.5 Å². The summed E-state index contributed by atoms with van der Waals surface area (Å²) in [6.07, 6.45) is 3.52. The van der Waals surface area contributed by atoms with E-state index in [0.29, 0.717) is 38.2 Å². The minimum absolute atomic E-state index is 0. The van der Waals surface area contributed by atoms with Gasteiger partial charge in [0.05, 0.1) is 6.20 Å². The summed E-state index contributed by atoms with van der Waals surface area (Å²) in [7, 11) is 0. The van der Waals surface area contributed by atoms with E-state index in [0.717, 1.165) is 30.7 Å². The lowest BCUT2D eigenvalue weighted by Crippen LogP contribution is -2.48. The van der Waals surface area contributed by atoms with Crippen molar-refractivity contribution >= 4 is 29.9 Å². The van der Waals surface area contributed by atoms with Gasteiger partial charge in [-0.05, 0) is 37.5 Å². The van der Waals surface area contributed by atoms with E-state index in [2.05, 4.69) is 41.4 Å². The van der Waals surface area contributed by atoms with E-state index in [4.69, 9.17) is 9.15 Å². The number of aliphatic imine (C=N–C) groups is 1. The van der Waals surface area contributed by atoms with Crippen molar-refractivity contribution in [1.29, 1.82) is 0 Å². The zero-order valence-electron chi connectivity index (χ0n) is 18.8. The highest BCUT2D eigenvalue weighted by Gasteiger charge is 2.34. The van der Waals surface area contributed by atoms with Gasteiger partial charge in [0.15, 0.2) is 5.96 Å². The monoisotopic (exact) mass is 544 g/mol. The molecule has 0 bridgehead atoms. The highest BCUT2D eigenvalue weighted by Crippen LogP contribution is 2.34. The quantitative estimate of drug-likeness (QED) is 0.318. The lowest BCUT2D eigenvalue weighted by Gasteiger charge is -2.38. The van der Waals surface area contributed by atoms with Gasteiger partial charge in [-0.15, -0.1) is 24.0 Å². The molecule has 0 atom stereocenters. The molecule has 2 aromatic rings. The molecule has 2 heterocycles. The number of oxazole rings is 1. The normalized spacial score (nSPS) is 16.5. The van der Waals surface area contributed by atoms with Gasteiger partial charge in [0.2, 0.25) is 5.89 Å². The molecule has 1 fully saturated rings. The van der Waals surface area contributed by atoms with E-state index in [1.165, 1.54) is 12.1 Å². The Morgan fingerprint density at radius 2 is 1.84 bits per heavy atom. The van der Waals surface area contributed by atoms with Crippen LogP contribution in [-0.4, -0.2) is 37.2 Å². The molecule has 8 heteroatoms. The van der Waals surface area contributed by atoms with Gasteiger partial charge < -0.3 is 19.8 Å². The van der Waals surface area contributed by atoms with E-state index in [-0.39, 0.29) is 40.6 Å². The minimum Gasteiger partial charge on any atom is -0.443 e. The lowest BCUT2D eigenvalue weighted by molar-refractivity contribution is 0.0513. The summed E-state index contributed by atoms with van der Waals surface area (Å²) in [5, 5.41) is 6.76. The lowest BCUT2D eigenvalue weighted by atomic mass is 9.74. The number of ether oxygens (including phenoxy) is 1. The summed E-state index contributed by atoms with van der Waals surface area (Å²) in [6.45, 7) is 11.5. The number of rotatable bonds is 6. The zero-order chi connectivity index (χ0) is 21.6. The van der Waals surface area contributed by atoms with Crippen LogP contribution in [0.4, 0.5) is 4.39 Å². The van der Waals surface area contributed by atoms with Crippen LogP contribution >= 0.6 is 24.0 Å². The van der Waals surface area contributed by atoms with Crippen LogP contribution in [0.25, 0.3) is 0 Å². The fourth-order valence-electron chi connectivity index (χ4n) is 3.60. The van der Waals surface area contributed by atoms with E-state index in [9.17, 15) is 4.39 Å². The van der Waals surface area contributed by atoms with Crippen LogP contribution in [0.15, 0.2) is 39.9 Å². The third-order valence-corrected chi connectivity index (χ3v) is 5.51. The van der Waals surface area contributed by atoms with Gasteiger partial charge >= 0.3 is 0 Å². The summed E-state index contributed by atoms with van der Waals surface area (Å²) >= 11 is 0. The van der Waals surface area contributed by atoms with Gasteiger partial charge in [-0.3, -0.25) is 0 Å². The van der Waals surface area contributed by atoms with Crippen molar-refractivity contribution in [3.8, 4) is 0 Å². The molecule has 3 rings (SSSR count). The van der Waals surface area contributed by atoms with E-state index < -0.39 is 0 Å². The first kappa shape index (κ1) is 25.6. The van der Waals surface area contributed by atoms with Crippen molar-refractivity contribution in [2.45, 2.75) is 57.9 Å². The van der Waals surface area contributed by atoms with Crippen molar-refractivity contribution in [3.63, 3.8) is 0 Å². The van der Waals surface area contributed by atoms with Crippen LogP contribution in [0, 0.1) is 5.82 Å². The van der Waals surface area contributed by atoms with Gasteiger partial charge in [0.1, 0.15) is 18.1 Å². The van der Waals surface area contributed by atoms with Crippen LogP contribution in [0.1, 0.15) is 57.8 Å². The fourth-order valence-corrected chi connectivity index (χ4v) is 3.60. The molecule has 31 heavy (non-hydrogen) atoms. The topological polar surface area (TPSA) is 71.7 Å². The highest BCUT2D eigenvalue weighted by molar-refractivity contribution is 14.0. The van der Waals surface area contributed by atoms with Crippen molar-refractivity contribution in [3.05, 3.63) is 53.5 Å². The first-order chi connectivity index (χ1) is 14.3. The smallest absolute Gasteiger partial charge is 0.216 e. The van der Waals surface area contributed by atoms with Crippen molar-refractivity contribution in [1.82, 2.24) is 15.6 Å². The van der Waals surface area contributed by atoms with Crippen molar-refractivity contribution in [2.24, 2.45) is 4.99 Å². The molecule has 0 aliphatic carbocycles. The summed E-state index contributed by atoms with van der Waals surface area (Å²) in [5.41, 5.74) is 0.922. The number of aromatic nitrogens is 1. The first-order valence-corrected chi connectivity index (χ1v) is 10.6. The van der Waals surface area contributed by atoms with Crippen LogP contribution in [0.5, 0.6) is 0 Å². The molecular weight excluding hydrogens is 510 g/mol. The number of hydrogen-bond acceptors (Lipinski definition) is 4. The standard InChI is InChI=1S/C23H33FN4O2.HI/c1-5-25-21(27-15-20-26-14-19(30-20)22(2,3)4)28-16-23(10-12-29-13-11-23)17-6-8-18(24)9-7-17;/h6-9,14H,5,10-13,15-16H2,1-4H3,(H2,25,27,28);1H. The molecule has 2 N–H and O–H groups in total. The average Bonchev–Trinajstić information content (AvgIpc) is 3.21. The molecule has 1 aliphatic rings. The summed E-state index contributed by atoms with van der Waals surface area (Å²) in [4.78, 5) is 9.00. The molecule has 172 valence electrons. The second-order valence-corrected chi connectivity index (χ2v) is 8.82. The molecule has 0 unspecified atom stereocenters. The van der Waals surface area contributed by atoms with Gasteiger partial charge in [0, 0.05) is 37.1 Å². The first-order valence-electron chi connectivity index (χ1n) is 10.6. The predicted octanol–water partition coefficient (Wildman–Crippen LogP) is 4.53. The number of nitrogens with zero attached hydrogens (tertiary/aromatic N) is 2. The molecular formula is C23H34FIN4O2. The Hall–Kier alpha value is -1.68. The molecule has 0 radical (unpaired) electrons. The molecule has 6 nitrogen and oxygen atoms in total. The summed E-state index contributed by atoms with van der Waals surface area (Å²) in [6, 6.07) is 6.82. The van der Waals surface area contributed by atoms with Crippen LogP contribution in [0.2, 0.25) is 0 Å². The molecule has 0 amide bonds. The van der Waals surface area contributed by atoms with E-state index in [1.54, 1.807) is 6.20 Å². The maximum atomic E-state index is 13.4. The molecule has 0 spiro atoms. The largest absolute Gasteiger partial charge is 0.443 e. The van der Waals surface area contributed by atoms with Gasteiger partial charge in [0.25, 0.3) is 0 Å². The van der Waals surface area contributed by atoms with Gasteiger partial charge in [-0.1, -0.05) is 32.9 Å². The molecule has 1 aliphatic heterocycles. The SMILES string of the molecule is CCNC(=NCc1ncc(C(C)(C)C)o1)NCC1(c2ccc(F)cc2)CCOCC1.I. The number of benzene rings is 1. The third kappa shape index (κ3) is 6.90. The second-order valence-electron chi connectivity index (χ2n) is 8.82. The maximum Gasteiger partial charge on any atom is 0.216 e. The Morgan fingerprint density at radius 1 is 1.16 bits per heavy atom. The van der Waals surface area contributed by atoms with Gasteiger partial charge in [-0.25, -0.2) is 14.4 Å². The van der Waals surface area contributed by atoms with Crippen LogP contribution in [-0.2, 0) is 22.1 Å². The Morgan fingerprint density at radius 3 is 2.42 bits per heavy atom. The zero-order valence-corrected chi connectivity index (χ0v) is 21.2. The average molecular weight is 544 g/mol. The van der Waals surface area contributed by atoms with Gasteiger partial charge in [-0.2, -0.15) is 0 Å². The number of guanidine groups is 1. The summed E-state index contributed by atoms with van der Waals surface area (Å²) < 4.78 is 24.9. The predicted molar refractivity (Wildman–Crippen MR) is 132 cm³/mol. The van der Waals surface area contributed by atoms with Crippen molar-refractivity contribution in [2.75, 3.05) is 26.3 Å². The molecule has 1 aromatic carbocycles. The minimum atomic E-state index is -0.218. The van der Waals surface area contributed by atoms with Crippen LogP contribution < -0.4 is 10.6 Å². The summed E-state index contributed by atoms with van der Waals surface area (Å²) in [5.74, 6) is 1.94. The van der Waals surface area contributed by atoms with E-state index >= 15 is 0 Å². The maximum absolute atomic E-state index is 13.4.